The van der Waals surface area contributed by atoms with Crippen LogP contribution in [-0.2, 0) is 0 Å². The summed E-state index contributed by atoms with van der Waals surface area (Å²) >= 11 is 5.92. The van der Waals surface area contributed by atoms with Crippen LogP contribution < -0.4 is 4.74 Å². The molecular weight excluding hydrogens is 260 g/mol. The van der Waals surface area contributed by atoms with E-state index in [1.807, 2.05) is 6.92 Å². The van der Waals surface area contributed by atoms with E-state index in [0.29, 0.717) is 22.8 Å². The molecule has 0 bridgehead atoms. The van der Waals surface area contributed by atoms with Crippen LogP contribution in [0, 0.1) is 0 Å². The highest BCUT2D eigenvalue weighted by Gasteiger charge is 2.35. The molecular formula is C16H21ClO2. The summed E-state index contributed by atoms with van der Waals surface area (Å²) in [6, 6.07) is 5.28. The second-order valence-electron chi connectivity index (χ2n) is 5.60. The number of carbonyl (C=O) groups is 1. The van der Waals surface area contributed by atoms with Crippen molar-refractivity contribution in [2.45, 2.75) is 58.0 Å². The smallest absolute Gasteiger partial charge is 0.170 e. The number of unbranched alkanes of at least 4 members (excludes halogenated alkanes) is 3. The van der Waals surface area contributed by atoms with E-state index in [-0.39, 0.29) is 11.4 Å². The van der Waals surface area contributed by atoms with E-state index >= 15 is 0 Å². The first-order valence-corrected chi connectivity index (χ1v) is 7.44. The predicted octanol–water partition coefficient (Wildman–Crippen LogP) is 5.03. The SMILES string of the molecule is CCCCCCC1(C)CC(=O)c2cc(Cl)ccc2O1. The van der Waals surface area contributed by atoms with Crippen molar-refractivity contribution in [1.82, 2.24) is 0 Å². The molecule has 104 valence electrons. The Morgan fingerprint density at radius 1 is 1.32 bits per heavy atom. The van der Waals surface area contributed by atoms with Crippen molar-refractivity contribution in [2.24, 2.45) is 0 Å². The minimum atomic E-state index is -0.356. The largest absolute Gasteiger partial charge is 0.486 e. The molecule has 1 atom stereocenters. The first-order chi connectivity index (χ1) is 9.04. The zero-order valence-corrected chi connectivity index (χ0v) is 12.4. The summed E-state index contributed by atoms with van der Waals surface area (Å²) in [7, 11) is 0. The molecule has 2 nitrogen and oxygen atoms in total. The topological polar surface area (TPSA) is 26.3 Å². The summed E-state index contributed by atoms with van der Waals surface area (Å²) in [5, 5.41) is 0.585. The molecule has 1 aromatic carbocycles. The van der Waals surface area contributed by atoms with E-state index in [1.54, 1.807) is 18.2 Å². The van der Waals surface area contributed by atoms with Gasteiger partial charge in [-0.2, -0.15) is 0 Å². The Morgan fingerprint density at radius 3 is 2.84 bits per heavy atom. The van der Waals surface area contributed by atoms with Gasteiger partial charge in [0.2, 0.25) is 0 Å². The van der Waals surface area contributed by atoms with Crippen molar-refractivity contribution in [3.05, 3.63) is 28.8 Å². The first kappa shape index (κ1) is 14.4. The number of benzene rings is 1. The Labute approximate surface area is 120 Å². The number of hydrogen-bond donors (Lipinski definition) is 0. The molecule has 3 heteroatoms. The lowest BCUT2D eigenvalue weighted by molar-refractivity contribution is 0.0453. The lowest BCUT2D eigenvalue weighted by Gasteiger charge is -2.35. The van der Waals surface area contributed by atoms with Crippen molar-refractivity contribution in [2.75, 3.05) is 0 Å². The van der Waals surface area contributed by atoms with Crippen LogP contribution in [0.2, 0.25) is 5.02 Å². The zero-order chi connectivity index (χ0) is 13.9. The van der Waals surface area contributed by atoms with E-state index in [1.165, 1.54) is 19.3 Å². The van der Waals surface area contributed by atoms with Crippen LogP contribution in [0.3, 0.4) is 0 Å². The number of hydrogen-bond acceptors (Lipinski definition) is 2. The molecule has 1 aromatic rings. The molecule has 1 aliphatic heterocycles. The molecule has 0 saturated heterocycles. The summed E-state index contributed by atoms with van der Waals surface area (Å²) in [5.74, 6) is 0.820. The Bertz CT molecular complexity index is 470. The van der Waals surface area contributed by atoms with Crippen molar-refractivity contribution < 1.29 is 9.53 Å². The molecule has 2 rings (SSSR count). The normalized spacial score (nSPS) is 21.9. The fourth-order valence-corrected chi connectivity index (χ4v) is 2.78. The summed E-state index contributed by atoms with van der Waals surface area (Å²) in [5.41, 5.74) is 0.268. The number of rotatable bonds is 5. The summed E-state index contributed by atoms with van der Waals surface area (Å²) in [6.07, 6.45) is 6.17. The lowest BCUT2D eigenvalue weighted by Crippen LogP contribution is -2.39. The Hall–Kier alpha value is -1.02. The monoisotopic (exact) mass is 280 g/mol. The van der Waals surface area contributed by atoms with Crippen LogP contribution in [0.5, 0.6) is 5.75 Å². The van der Waals surface area contributed by atoms with Gasteiger partial charge < -0.3 is 4.74 Å². The highest BCUT2D eigenvalue weighted by Crippen LogP contribution is 2.37. The van der Waals surface area contributed by atoms with Crippen molar-refractivity contribution >= 4 is 17.4 Å². The standard InChI is InChI=1S/C16H21ClO2/c1-3-4-5-6-9-16(2)11-14(18)13-10-12(17)7-8-15(13)19-16/h7-8,10H,3-6,9,11H2,1-2H3. The van der Waals surface area contributed by atoms with Gasteiger partial charge in [0.15, 0.2) is 5.78 Å². The van der Waals surface area contributed by atoms with E-state index in [2.05, 4.69) is 6.92 Å². The van der Waals surface area contributed by atoms with Crippen LogP contribution in [0.15, 0.2) is 18.2 Å². The number of carbonyl (C=O) groups excluding carboxylic acids is 1. The number of Topliss-reactive ketones (excluding diaryl/α,β-unsaturated/α-hetero) is 1. The van der Waals surface area contributed by atoms with E-state index < -0.39 is 0 Å². The Kier molecular flexibility index (Phi) is 4.51. The van der Waals surface area contributed by atoms with Gasteiger partial charge in [-0.1, -0.05) is 37.8 Å². The number of ether oxygens (including phenoxy) is 1. The molecule has 0 aromatic heterocycles. The molecule has 0 spiro atoms. The maximum atomic E-state index is 12.2. The van der Waals surface area contributed by atoms with Gasteiger partial charge in [0.25, 0.3) is 0 Å². The van der Waals surface area contributed by atoms with Crippen LogP contribution in [0.25, 0.3) is 0 Å². The highest BCUT2D eigenvalue weighted by molar-refractivity contribution is 6.31. The molecule has 0 fully saturated rings. The van der Waals surface area contributed by atoms with Gasteiger partial charge in [-0.15, -0.1) is 0 Å². The average Bonchev–Trinajstić information content (AvgIpc) is 2.36. The van der Waals surface area contributed by atoms with Gasteiger partial charge in [0, 0.05) is 5.02 Å². The fraction of sp³-hybridized carbons (Fsp3) is 0.562. The van der Waals surface area contributed by atoms with E-state index in [4.69, 9.17) is 16.3 Å². The van der Waals surface area contributed by atoms with Crippen LogP contribution >= 0.6 is 11.6 Å². The first-order valence-electron chi connectivity index (χ1n) is 7.06. The van der Waals surface area contributed by atoms with Gasteiger partial charge in [0.05, 0.1) is 12.0 Å². The van der Waals surface area contributed by atoms with E-state index in [9.17, 15) is 4.79 Å². The molecule has 1 aliphatic rings. The third-order valence-corrected chi connectivity index (χ3v) is 3.93. The highest BCUT2D eigenvalue weighted by atomic mass is 35.5. The molecule has 0 amide bonds. The second-order valence-corrected chi connectivity index (χ2v) is 6.04. The van der Waals surface area contributed by atoms with Gasteiger partial charge in [-0.05, 0) is 38.0 Å². The van der Waals surface area contributed by atoms with Gasteiger partial charge >= 0.3 is 0 Å². The molecule has 0 saturated carbocycles. The minimum absolute atomic E-state index is 0.141. The van der Waals surface area contributed by atoms with Crippen molar-refractivity contribution in [3.8, 4) is 5.75 Å². The maximum Gasteiger partial charge on any atom is 0.170 e. The average molecular weight is 281 g/mol. The molecule has 1 unspecified atom stereocenters. The van der Waals surface area contributed by atoms with Gasteiger partial charge in [0.1, 0.15) is 11.4 Å². The van der Waals surface area contributed by atoms with Gasteiger partial charge in [-0.25, -0.2) is 0 Å². The van der Waals surface area contributed by atoms with Crippen LogP contribution in [0.1, 0.15) is 62.7 Å². The number of ketones is 1. The predicted molar refractivity (Wildman–Crippen MR) is 78.2 cm³/mol. The third-order valence-electron chi connectivity index (χ3n) is 3.69. The fourth-order valence-electron chi connectivity index (χ4n) is 2.61. The Morgan fingerprint density at radius 2 is 2.11 bits per heavy atom. The molecule has 0 radical (unpaired) electrons. The Balaban J connectivity index is 2.07. The van der Waals surface area contributed by atoms with Crippen LogP contribution in [-0.4, -0.2) is 11.4 Å². The molecule has 1 heterocycles. The van der Waals surface area contributed by atoms with E-state index in [0.717, 1.165) is 12.8 Å². The zero-order valence-electron chi connectivity index (χ0n) is 11.7. The molecule has 19 heavy (non-hydrogen) atoms. The van der Waals surface area contributed by atoms with Crippen molar-refractivity contribution in [1.29, 1.82) is 0 Å². The lowest BCUT2D eigenvalue weighted by atomic mass is 9.87. The second kappa shape index (κ2) is 5.96. The quantitative estimate of drug-likeness (QED) is 0.707. The summed E-state index contributed by atoms with van der Waals surface area (Å²) in [6.45, 7) is 4.23. The number of fused-ring (bicyclic) bond motifs is 1. The molecule has 0 N–H and O–H groups in total. The number of halogens is 1. The van der Waals surface area contributed by atoms with Gasteiger partial charge in [-0.3, -0.25) is 4.79 Å². The van der Waals surface area contributed by atoms with Crippen molar-refractivity contribution in [3.63, 3.8) is 0 Å². The molecule has 0 aliphatic carbocycles. The van der Waals surface area contributed by atoms with Crippen LogP contribution in [0.4, 0.5) is 0 Å². The summed E-state index contributed by atoms with van der Waals surface area (Å²) < 4.78 is 6.05. The third kappa shape index (κ3) is 3.50. The minimum Gasteiger partial charge on any atom is -0.486 e. The maximum absolute atomic E-state index is 12.2. The summed E-state index contributed by atoms with van der Waals surface area (Å²) in [4.78, 5) is 12.2.